The van der Waals surface area contributed by atoms with Gasteiger partial charge in [-0.1, -0.05) is 79.5 Å². The number of benzene rings is 2. The molecule has 6 nitrogen and oxygen atoms in total. The van der Waals surface area contributed by atoms with Crippen LogP contribution in [-0.4, -0.2) is 22.3 Å². The average molecular weight is 417 g/mol. The molecular weight excluding hydrogens is 399 g/mol. The Labute approximate surface area is 172 Å². The first kappa shape index (κ1) is 20.0. The number of halogens is 2. The Balaban J connectivity index is 1.70. The second-order valence-electron chi connectivity index (χ2n) is 7.08. The van der Waals surface area contributed by atoms with Crippen molar-refractivity contribution in [2.45, 2.75) is 26.2 Å². The van der Waals surface area contributed by atoms with E-state index in [2.05, 4.69) is 41.4 Å². The summed E-state index contributed by atoms with van der Waals surface area (Å²) in [6.45, 7) is 6.40. The third kappa shape index (κ3) is 4.58. The SMILES string of the molecule is CC(C)(C)c1ccc(-c2noc(C(=O)N/N=C/c3c(Cl)cccc3Cl)n2)cc1. The van der Waals surface area contributed by atoms with Crippen LogP contribution in [0.5, 0.6) is 0 Å². The summed E-state index contributed by atoms with van der Waals surface area (Å²) >= 11 is 12.1. The molecule has 0 aliphatic carbocycles. The lowest BCUT2D eigenvalue weighted by Crippen LogP contribution is -2.18. The molecule has 0 saturated heterocycles. The summed E-state index contributed by atoms with van der Waals surface area (Å²) in [5, 5.41) is 8.53. The molecule has 0 unspecified atom stereocenters. The summed E-state index contributed by atoms with van der Waals surface area (Å²) in [6, 6.07) is 12.9. The third-order valence-electron chi connectivity index (χ3n) is 3.99. The smallest absolute Gasteiger partial charge is 0.328 e. The van der Waals surface area contributed by atoms with Crippen molar-refractivity contribution in [1.29, 1.82) is 0 Å². The van der Waals surface area contributed by atoms with Gasteiger partial charge in [-0.25, -0.2) is 5.43 Å². The molecule has 1 aromatic heterocycles. The number of nitrogens with one attached hydrogen (secondary N) is 1. The molecule has 1 heterocycles. The summed E-state index contributed by atoms with van der Waals surface area (Å²) in [4.78, 5) is 16.3. The standard InChI is InChI=1S/C20H18Cl2N4O2/c1-20(2,3)13-9-7-12(8-10-13)17-24-19(28-26-17)18(27)25-23-11-14-15(21)5-4-6-16(14)22/h4-11H,1-3H3,(H,25,27)/b23-11+. The molecule has 0 atom stereocenters. The molecule has 28 heavy (non-hydrogen) atoms. The Morgan fingerprint density at radius 2 is 1.75 bits per heavy atom. The fraction of sp³-hybridized carbons (Fsp3) is 0.200. The summed E-state index contributed by atoms with van der Waals surface area (Å²) in [6.07, 6.45) is 1.35. The quantitative estimate of drug-likeness (QED) is 0.473. The van der Waals surface area contributed by atoms with E-state index in [4.69, 9.17) is 27.7 Å². The molecule has 8 heteroatoms. The molecule has 0 spiro atoms. The molecule has 1 N–H and O–H groups in total. The van der Waals surface area contributed by atoms with Crippen molar-refractivity contribution in [3.05, 3.63) is 69.5 Å². The highest BCUT2D eigenvalue weighted by atomic mass is 35.5. The van der Waals surface area contributed by atoms with Crippen LogP contribution in [-0.2, 0) is 5.41 Å². The zero-order valence-electron chi connectivity index (χ0n) is 15.5. The first-order chi connectivity index (χ1) is 13.3. The molecule has 0 aliphatic heterocycles. The van der Waals surface area contributed by atoms with Crippen molar-refractivity contribution in [2.75, 3.05) is 0 Å². The van der Waals surface area contributed by atoms with Gasteiger partial charge in [-0.15, -0.1) is 0 Å². The minimum Gasteiger partial charge on any atom is -0.328 e. The van der Waals surface area contributed by atoms with Crippen LogP contribution < -0.4 is 5.43 Å². The fourth-order valence-corrected chi connectivity index (χ4v) is 2.88. The Bertz CT molecular complexity index is 1000. The molecule has 144 valence electrons. The molecule has 0 fully saturated rings. The van der Waals surface area contributed by atoms with Crippen LogP contribution in [0.1, 0.15) is 42.6 Å². The highest BCUT2D eigenvalue weighted by Crippen LogP contribution is 2.25. The van der Waals surface area contributed by atoms with Crippen LogP contribution >= 0.6 is 23.2 Å². The third-order valence-corrected chi connectivity index (χ3v) is 4.65. The van der Waals surface area contributed by atoms with Crippen molar-refractivity contribution in [1.82, 2.24) is 15.6 Å². The van der Waals surface area contributed by atoms with Crippen LogP contribution in [0.25, 0.3) is 11.4 Å². The van der Waals surface area contributed by atoms with Crippen LogP contribution in [0, 0.1) is 0 Å². The number of hydrogen-bond acceptors (Lipinski definition) is 5. The number of hydrazone groups is 1. The van der Waals surface area contributed by atoms with Gasteiger partial charge >= 0.3 is 11.8 Å². The number of rotatable bonds is 4. The minimum atomic E-state index is -0.635. The van der Waals surface area contributed by atoms with Crippen molar-refractivity contribution in [3.8, 4) is 11.4 Å². The van der Waals surface area contributed by atoms with E-state index in [1.165, 1.54) is 11.8 Å². The summed E-state index contributed by atoms with van der Waals surface area (Å²) < 4.78 is 5.03. The number of aromatic nitrogens is 2. The minimum absolute atomic E-state index is 0.0450. The van der Waals surface area contributed by atoms with Gasteiger partial charge in [0, 0.05) is 11.1 Å². The lowest BCUT2D eigenvalue weighted by atomic mass is 9.87. The molecule has 0 bridgehead atoms. The van der Waals surface area contributed by atoms with Crippen molar-refractivity contribution in [3.63, 3.8) is 0 Å². The predicted molar refractivity (Wildman–Crippen MR) is 110 cm³/mol. The van der Waals surface area contributed by atoms with Crippen LogP contribution in [0.3, 0.4) is 0 Å². The van der Waals surface area contributed by atoms with Crippen LogP contribution in [0.4, 0.5) is 0 Å². The highest BCUT2D eigenvalue weighted by Gasteiger charge is 2.17. The van der Waals surface area contributed by atoms with Gasteiger partial charge in [0.25, 0.3) is 0 Å². The van der Waals surface area contributed by atoms with Crippen LogP contribution in [0.15, 0.2) is 52.1 Å². The number of hydrogen-bond donors (Lipinski definition) is 1. The largest absolute Gasteiger partial charge is 0.329 e. The molecule has 3 aromatic rings. The fourth-order valence-electron chi connectivity index (χ4n) is 2.39. The van der Waals surface area contributed by atoms with Gasteiger partial charge < -0.3 is 4.52 Å². The monoisotopic (exact) mass is 416 g/mol. The predicted octanol–water partition coefficient (Wildman–Crippen LogP) is 5.10. The van der Waals surface area contributed by atoms with Gasteiger partial charge in [0.2, 0.25) is 5.82 Å². The first-order valence-corrected chi connectivity index (χ1v) is 9.23. The molecule has 0 radical (unpaired) electrons. The second-order valence-corrected chi connectivity index (χ2v) is 7.90. The molecular formula is C20H18Cl2N4O2. The van der Waals surface area contributed by atoms with Gasteiger partial charge in [-0.05, 0) is 23.1 Å². The summed E-state index contributed by atoms with van der Waals surface area (Å²) in [5.41, 5.74) is 4.79. The maximum absolute atomic E-state index is 12.1. The van der Waals surface area contributed by atoms with Gasteiger partial charge in [0.1, 0.15) is 0 Å². The molecule has 3 rings (SSSR count). The number of nitrogens with zero attached hydrogens (tertiary/aromatic N) is 3. The lowest BCUT2D eigenvalue weighted by molar-refractivity contribution is 0.0911. The van der Waals surface area contributed by atoms with E-state index in [-0.39, 0.29) is 11.3 Å². The highest BCUT2D eigenvalue weighted by molar-refractivity contribution is 6.38. The van der Waals surface area contributed by atoms with E-state index >= 15 is 0 Å². The van der Waals surface area contributed by atoms with Gasteiger partial charge in [0.15, 0.2) is 0 Å². The van der Waals surface area contributed by atoms with Gasteiger partial charge in [-0.2, -0.15) is 10.1 Å². The normalized spacial score (nSPS) is 11.8. The Morgan fingerprint density at radius 3 is 2.36 bits per heavy atom. The number of amides is 1. The maximum Gasteiger partial charge on any atom is 0.329 e. The molecule has 0 saturated carbocycles. The summed E-state index contributed by atoms with van der Waals surface area (Å²) in [7, 11) is 0. The number of carbonyl (C=O) groups excluding carboxylic acids is 1. The summed E-state index contributed by atoms with van der Waals surface area (Å²) in [5.74, 6) is -0.509. The average Bonchev–Trinajstić information content (AvgIpc) is 3.14. The molecule has 1 amide bonds. The molecule has 0 aliphatic rings. The molecule has 2 aromatic carbocycles. The maximum atomic E-state index is 12.1. The van der Waals surface area contributed by atoms with E-state index in [1.54, 1.807) is 18.2 Å². The zero-order chi connectivity index (χ0) is 20.3. The lowest BCUT2D eigenvalue weighted by Gasteiger charge is -2.18. The van der Waals surface area contributed by atoms with Crippen molar-refractivity contribution >= 4 is 35.3 Å². The van der Waals surface area contributed by atoms with E-state index in [1.807, 2.05) is 24.3 Å². The van der Waals surface area contributed by atoms with Gasteiger partial charge in [0.05, 0.1) is 16.3 Å². The topological polar surface area (TPSA) is 80.4 Å². The zero-order valence-corrected chi connectivity index (χ0v) is 17.0. The Morgan fingerprint density at radius 1 is 1.11 bits per heavy atom. The van der Waals surface area contributed by atoms with Crippen LogP contribution in [0.2, 0.25) is 10.0 Å². The van der Waals surface area contributed by atoms with E-state index < -0.39 is 5.91 Å². The van der Waals surface area contributed by atoms with E-state index in [0.29, 0.717) is 21.4 Å². The number of carbonyl (C=O) groups is 1. The van der Waals surface area contributed by atoms with Crippen molar-refractivity contribution < 1.29 is 9.32 Å². The Hall–Kier alpha value is -2.70. The van der Waals surface area contributed by atoms with E-state index in [0.717, 1.165) is 5.56 Å². The Kier molecular flexibility index (Phi) is 5.82. The van der Waals surface area contributed by atoms with Crippen molar-refractivity contribution in [2.24, 2.45) is 5.10 Å². The first-order valence-electron chi connectivity index (χ1n) is 8.48. The van der Waals surface area contributed by atoms with E-state index in [9.17, 15) is 4.79 Å². The second kappa shape index (κ2) is 8.12. The van der Waals surface area contributed by atoms with Gasteiger partial charge in [-0.3, -0.25) is 4.79 Å².